The number of benzene rings is 4. The maximum Gasteiger partial charge on any atom is 0.264 e. The first-order chi connectivity index (χ1) is 23.2. The van der Waals surface area contributed by atoms with E-state index in [1.807, 2.05) is 30.3 Å². The summed E-state index contributed by atoms with van der Waals surface area (Å²) in [6.07, 6.45) is 5.03. The molecule has 0 aliphatic heterocycles. The average Bonchev–Trinajstić information content (AvgIpc) is 3.11. The first-order valence-electron chi connectivity index (χ1n) is 16.0. The van der Waals surface area contributed by atoms with E-state index in [9.17, 15) is 18.0 Å². The van der Waals surface area contributed by atoms with E-state index in [0.717, 1.165) is 42.0 Å². The molecule has 0 spiro atoms. The summed E-state index contributed by atoms with van der Waals surface area (Å²) in [6, 6.07) is 27.9. The number of ether oxygens (including phenoxy) is 1. The number of carbonyl (C=O) groups is 2. The Labute approximate surface area is 292 Å². The third-order valence-electron chi connectivity index (χ3n) is 8.58. The molecule has 1 atom stereocenters. The molecule has 252 valence electrons. The second kappa shape index (κ2) is 16.4. The van der Waals surface area contributed by atoms with E-state index in [4.69, 9.17) is 27.9 Å². The summed E-state index contributed by atoms with van der Waals surface area (Å²) in [6.45, 7) is -0.750. The number of methoxy groups -OCH3 is 1. The highest BCUT2D eigenvalue weighted by Crippen LogP contribution is 2.33. The second-order valence-corrected chi connectivity index (χ2v) is 14.4. The molecule has 5 rings (SSSR count). The molecule has 4 aromatic rings. The predicted molar refractivity (Wildman–Crippen MR) is 190 cm³/mol. The highest BCUT2D eigenvalue weighted by Gasteiger charge is 2.36. The number of hydrogen-bond donors (Lipinski definition) is 1. The van der Waals surface area contributed by atoms with Crippen LogP contribution in [0.2, 0.25) is 10.0 Å². The van der Waals surface area contributed by atoms with Gasteiger partial charge < -0.3 is 15.0 Å². The molecular formula is C37H39Cl2N3O5S. The summed E-state index contributed by atoms with van der Waals surface area (Å²) in [4.78, 5) is 30.5. The number of carbonyl (C=O) groups excluding carboxylic acids is 2. The van der Waals surface area contributed by atoms with Gasteiger partial charge in [-0.25, -0.2) is 8.42 Å². The van der Waals surface area contributed by atoms with Crippen LogP contribution >= 0.6 is 23.2 Å². The molecule has 1 aliphatic rings. The molecule has 1 unspecified atom stereocenters. The average molecular weight is 709 g/mol. The van der Waals surface area contributed by atoms with Crippen molar-refractivity contribution in [1.29, 1.82) is 0 Å². The van der Waals surface area contributed by atoms with Crippen LogP contribution in [0.5, 0.6) is 5.75 Å². The molecule has 1 saturated carbocycles. The van der Waals surface area contributed by atoms with Crippen LogP contribution in [-0.2, 0) is 32.6 Å². The predicted octanol–water partition coefficient (Wildman–Crippen LogP) is 7.29. The Balaban J connectivity index is 1.61. The highest BCUT2D eigenvalue weighted by molar-refractivity contribution is 7.92. The van der Waals surface area contributed by atoms with Crippen molar-refractivity contribution in [2.45, 2.75) is 62.0 Å². The Morgan fingerprint density at radius 2 is 1.44 bits per heavy atom. The van der Waals surface area contributed by atoms with E-state index in [2.05, 4.69) is 5.32 Å². The molecule has 1 aliphatic carbocycles. The topological polar surface area (TPSA) is 96.0 Å². The number of rotatable bonds is 13. The quantitative estimate of drug-likeness (QED) is 0.158. The van der Waals surface area contributed by atoms with Gasteiger partial charge in [0, 0.05) is 34.6 Å². The lowest BCUT2D eigenvalue weighted by Gasteiger charge is -2.35. The molecule has 1 fully saturated rings. The van der Waals surface area contributed by atoms with Crippen LogP contribution < -0.4 is 14.4 Å². The fourth-order valence-corrected chi connectivity index (χ4v) is 7.98. The first kappa shape index (κ1) is 35.3. The molecule has 0 aromatic heterocycles. The molecule has 0 radical (unpaired) electrons. The van der Waals surface area contributed by atoms with Crippen LogP contribution in [0, 0.1) is 0 Å². The molecule has 0 heterocycles. The molecule has 8 nitrogen and oxygen atoms in total. The van der Waals surface area contributed by atoms with Crippen LogP contribution in [0.1, 0.15) is 43.2 Å². The molecule has 48 heavy (non-hydrogen) atoms. The van der Waals surface area contributed by atoms with Gasteiger partial charge in [0.25, 0.3) is 10.0 Å². The van der Waals surface area contributed by atoms with Crippen molar-refractivity contribution in [3.8, 4) is 5.75 Å². The monoisotopic (exact) mass is 707 g/mol. The van der Waals surface area contributed by atoms with Crippen LogP contribution in [0.15, 0.2) is 108 Å². The van der Waals surface area contributed by atoms with Gasteiger partial charge >= 0.3 is 0 Å². The van der Waals surface area contributed by atoms with E-state index < -0.39 is 28.5 Å². The summed E-state index contributed by atoms with van der Waals surface area (Å²) in [5.41, 5.74) is 1.47. The number of para-hydroxylation sites is 2. The minimum absolute atomic E-state index is 0.000261. The maximum absolute atomic E-state index is 14.8. The largest absolute Gasteiger partial charge is 0.495 e. The van der Waals surface area contributed by atoms with Crippen molar-refractivity contribution >= 4 is 50.7 Å². The lowest BCUT2D eigenvalue weighted by molar-refractivity contribution is -0.140. The first-order valence-corrected chi connectivity index (χ1v) is 18.2. The zero-order valence-electron chi connectivity index (χ0n) is 26.7. The molecule has 2 amide bonds. The minimum atomic E-state index is -4.28. The third-order valence-corrected chi connectivity index (χ3v) is 11.1. The number of amides is 2. The molecule has 0 bridgehead atoms. The molecule has 0 saturated heterocycles. The van der Waals surface area contributed by atoms with Crippen molar-refractivity contribution in [1.82, 2.24) is 10.2 Å². The molecular weight excluding hydrogens is 669 g/mol. The summed E-state index contributed by atoms with van der Waals surface area (Å²) in [5.74, 6) is -0.672. The highest BCUT2D eigenvalue weighted by atomic mass is 35.5. The van der Waals surface area contributed by atoms with Gasteiger partial charge in [-0.1, -0.05) is 109 Å². The van der Waals surface area contributed by atoms with E-state index in [-0.39, 0.29) is 41.2 Å². The van der Waals surface area contributed by atoms with Crippen molar-refractivity contribution in [3.05, 3.63) is 124 Å². The minimum Gasteiger partial charge on any atom is -0.495 e. The van der Waals surface area contributed by atoms with Crippen LogP contribution in [-0.4, -0.2) is 50.9 Å². The van der Waals surface area contributed by atoms with E-state index in [1.54, 1.807) is 60.7 Å². The van der Waals surface area contributed by atoms with Gasteiger partial charge in [-0.3, -0.25) is 13.9 Å². The van der Waals surface area contributed by atoms with Crippen molar-refractivity contribution in [3.63, 3.8) is 0 Å². The lowest BCUT2D eigenvalue weighted by Crippen LogP contribution is -2.55. The van der Waals surface area contributed by atoms with E-state index in [0.29, 0.717) is 15.6 Å². The Hall–Kier alpha value is -4.05. The number of halogens is 2. The smallest absolute Gasteiger partial charge is 0.264 e. The Bertz CT molecular complexity index is 1780. The van der Waals surface area contributed by atoms with Gasteiger partial charge in [-0.05, 0) is 54.8 Å². The van der Waals surface area contributed by atoms with E-state index >= 15 is 0 Å². The summed E-state index contributed by atoms with van der Waals surface area (Å²) in [7, 11) is -2.84. The molecule has 4 aromatic carbocycles. The van der Waals surface area contributed by atoms with Crippen LogP contribution in [0.4, 0.5) is 5.69 Å². The zero-order valence-corrected chi connectivity index (χ0v) is 29.1. The number of nitrogens with zero attached hydrogens (tertiary/aromatic N) is 2. The van der Waals surface area contributed by atoms with E-state index in [1.165, 1.54) is 24.1 Å². The molecule has 1 N–H and O–H groups in total. The van der Waals surface area contributed by atoms with Crippen LogP contribution in [0.3, 0.4) is 0 Å². The number of nitrogens with one attached hydrogen (secondary N) is 1. The number of sulfonamides is 1. The summed E-state index contributed by atoms with van der Waals surface area (Å²) < 4.78 is 35.1. The van der Waals surface area contributed by atoms with Gasteiger partial charge in [-0.2, -0.15) is 0 Å². The van der Waals surface area contributed by atoms with Gasteiger partial charge in [-0.15, -0.1) is 0 Å². The lowest BCUT2D eigenvalue weighted by atomic mass is 9.94. The number of hydrogen-bond acceptors (Lipinski definition) is 5. The van der Waals surface area contributed by atoms with Gasteiger partial charge in [0.1, 0.15) is 18.3 Å². The Morgan fingerprint density at radius 3 is 2.08 bits per heavy atom. The standard InChI is InChI=1S/C37H39Cl2N3O5S/c1-47-35-23-12-11-22-33(35)42(48(45,46)29-18-9-4-10-19-29)26-36(43)41(25-30-31(38)20-13-21-32(30)39)34(24-27-14-5-2-6-15-27)37(44)40-28-16-7-3-8-17-28/h2,4-6,9-15,18-23,28,34H,3,7-8,16-17,24-26H2,1H3,(H,40,44). The normalized spacial score (nSPS) is 14.1. The second-order valence-electron chi connectivity index (χ2n) is 11.8. The molecule has 11 heteroatoms. The zero-order chi connectivity index (χ0) is 34.1. The Morgan fingerprint density at radius 1 is 0.833 bits per heavy atom. The fourth-order valence-electron chi connectivity index (χ4n) is 6.02. The van der Waals surface area contributed by atoms with Gasteiger partial charge in [0.15, 0.2) is 0 Å². The van der Waals surface area contributed by atoms with Crippen LogP contribution in [0.25, 0.3) is 0 Å². The summed E-state index contributed by atoms with van der Waals surface area (Å²) in [5, 5.41) is 3.85. The third kappa shape index (κ3) is 8.50. The summed E-state index contributed by atoms with van der Waals surface area (Å²) >= 11 is 13.3. The maximum atomic E-state index is 14.8. The van der Waals surface area contributed by atoms with Crippen molar-refractivity contribution < 1.29 is 22.7 Å². The van der Waals surface area contributed by atoms with Crippen molar-refractivity contribution in [2.24, 2.45) is 0 Å². The Kier molecular flexibility index (Phi) is 12.0. The SMILES string of the molecule is COc1ccccc1N(CC(=O)N(Cc1c(Cl)cccc1Cl)C(Cc1ccccc1)C(=O)NC1CCCCC1)S(=O)(=O)c1ccccc1. The van der Waals surface area contributed by atoms with Gasteiger partial charge in [0.2, 0.25) is 11.8 Å². The van der Waals surface area contributed by atoms with Gasteiger partial charge in [0.05, 0.1) is 17.7 Å². The van der Waals surface area contributed by atoms with Crippen molar-refractivity contribution in [2.75, 3.05) is 18.0 Å². The fraction of sp³-hybridized carbons (Fsp3) is 0.297. The number of anilines is 1.